The first-order chi connectivity index (χ1) is 4.27. The third kappa shape index (κ3) is 1.41. The Kier molecular flexibility index (Phi) is 1.70. The van der Waals surface area contributed by atoms with E-state index in [1.165, 1.54) is 0 Å². The van der Waals surface area contributed by atoms with Crippen molar-refractivity contribution in [3.05, 3.63) is 0 Å². The van der Waals surface area contributed by atoms with E-state index in [1.54, 1.807) is 0 Å². The normalized spacial score (nSPS) is 35.6. The molecule has 0 radical (unpaired) electrons. The van der Waals surface area contributed by atoms with Crippen LogP contribution in [0.3, 0.4) is 0 Å². The van der Waals surface area contributed by atoms with Crippen LogP contribution in [0.2, 0.25) is 0 Å². The van der Waals surface area contributed by atoms with Crippen molar-refractivity contribution in [3.63, 3.8) is 0 Å². The lowest BCUT2D eigenvalue weighted by Gasteiger charge is -2.25. The zero-order chi connectivity index (χ0) is 6.74. The molecule has 0 bridgehead atoms. The van der Waals surface area contributed by atoms with Crippen LogP contribution in [0, 0.1) is 11.3 Å². The van der Waals surface area contributed by atoms with Gasteiger partial charge >= 0.3 is 0 Å². The summed E-state index contributed by atoms with van der Waals surface area (Å²) in [7, 11) is 0. The molecule has 0 aromatic rings. The van der Waals surface area contributed by atoms with Crippen molar-refractivity contribution < 1.29 is 4.74 Å². The Morgan fingerprint density at radius 1 is 1.67 bits per heavy atom. The molecule has 1 saturated heterocycles. The molecule has 0 aromatic heterocycles. The molecule has 0 aliphatic carbocycles. The molecule has 9 heavy (non-hydrogen) atoms. The van der Waals surface area contributed by atoms with Crippen LogP contribution in [0.25, 0.3) is 0 Å². The van der Waals surface area contributed by atoms with E-state index in [2.05, 4.69) is 0 Å². The maximum atomic E-state index is 8.50. The minimum absolute atomic E-state index is 0.392. The fourth-order valence-electron chi connectivity index (χ4n) is 0.904. The van der Waals surface area contributed by atoms with Gasteiger partial charge in [0, 0.05) is 6.61 Å². The minimum Gasteiger partial charge on any atom is -0.378 e. The van der Waals surface area contributed by atoms with Crippen LogP contribution in [-0.4, -0.2) is 18.8 Å². The molecule has 50 valence electrons. The Hall–Kier alpha value is -0.590. The van der Waals surface area contributed by atoms with Crippen molar-refractivity contribution in [2.75, 3.05) is 13.2 Å². The quantitative estimate of drug-likeness (QED) is 0.497. The molecule has 1 rings (SSSR count). The van der Waals surface area contributed by atoms with Crippen LogP contribution < -0.4 is 5.73 Å². The molecule has 3 heteroatoms. The Balaban J connectivity index is 2.49. The van der Waals surface area contributed by atoms with Crippen molar-refractivity contribution in [3.8, 4) is 6.07 Å². The summed E-state index contributed by atoms with van der Waals surface area (Å²) in [5.74, 6) is 0. The maximum Gasteiger partial charge on any atom is 0.127 e. The van der Waals surface area contributed by atoms with Crippen LogP contribution in [0.5, 0.6) is 0 Å². The third-order valence-electron chi connectivity index (χ3n) is 1.49. The van der Waals surface area contributed by atoms with E-state index >= 15 is 0 Å². The van der Waals surface area contributed by atoms with Gasteiger partial charge in [0.15, 0.2) is 0 Å². The highest BCUT2D eigenvalue weighted by Gasteiger charge is 2.27. The summed E-state index contributed by atoms with van der Waals surface area (Å²) >= 11 is 0. The summed E-state index contributed by atoms with van der Waals surface area (Å²) in [6, 6.07) is 2.03. The van der Waals surface area contributed by atoms with E-state index < -0.39 is 5.54 Å². The van der Waals surface area contributed by atoms with Gasteiger partial charge in [-0.05, 0) is 12.8 Å². The van der Waals surface area contributed by atoms with E-state index in [0.717, 1.165) is 19.4 Å². The van der Waals surface area contributed by atoms with E-state index in [4.69, 9.17) is 15.7 Å². The summed E-state index contributed by atoms with van der Waals surface area (Å²) < 4.78 is 5.03. The Bertz CT molecular complexity index is 132. The molecular weight excluding hydrogens is 116 g/mol. The second-order valence-electron chi connectivity index (χ2n) is 2.42. The Morgan fingerprint density at radius 3 is 2.78 bits per heavy atom. The molecule has 1 heterocycles. The average molecular weight is 126 g/mol. The van der Waals surface area contributed by atoms with Gasteiger partial charge in [-0.1, -0.05) is 0 Å². The maximum absolute atomic E-state index is 8.50. The monoisotopic (exact) mass is 126 g/mol. The minimum atomic E-state index is -0.696. The van der Waals surface area contributed by atoms with Crippen molar-refractivity contribution >= 4 is 0 Å². The fourth-order valence-corrected chi connectivity index (χ4v) is 0.904. The molecule has 0 aromatic carbocycles. The van der Waals surface area contributed by atoms with Gasteiger partial charge in [-0.15, -0.1) is 0 Å². The van der Waals surface area contributed by atoms with Gasteiger partial charge in [-0.25, -0.2) is 0 Å². The molecule has 0 saturated carbocycles. The fraction of sp³-hybridized carbons (Fsp3) is 0.833. The molecule has 1 atom stereocenters. The smallest absolute Gasteiger partial charge is 0.127 e. The predicted octanol–water partition coefficient (Wildman–Crippen LogP) is 0.0179. The molecule has 1 aliphatic rings. The van der Waals surface area contributed by atoms with Gasteiger partial charge < -0.3 is 10.5 Å². The van der Waals surface area contributed by atoms with Crippen LogP contribution in [0.4, 0.5) is 0 Å². The molecule has 3 nitrogen and oxygen atoms in total. The standard InChI is InChI=1S/C6H10N2O/c7-4-6(8)2-1-3-9-5-6/h1-3,5,8H2. The first-order valence-corrected chi connectivity index (χ1v) is 3.05. The van der Waals surface area contributed by atoms with E-state index in [-0.39, 0.29) is 0 Å². The first-order valence-electron chi connectivity index (χ1n) is 3.05. The SMILES string of the molecule is N#CC1(N)CCCOC1. The number of nitrogens with two attached hydrogens (primary N) is 1. The molecular formula is C6H10N2O. The van der Waals surface area contributed by atoms with Gasteiger partial charge in [0.25, 0.3) is 0 Å². The number of rotatable bonds is 0. The summed E-state index contributed by atoms with van der Waals surface area (Å²) in [4.78, 5) is 0. The number of nitrogens with zero attached hydrogens (tertiary/aromatic N) is 1. The third-order valence-corrected chi connectivity index (χ3v) is 1.49. The number of ether oxygens (including phenoxy) is 1. The van der Waals surface area contributed by atoms with E-state index in [0.29, 0.717) is 6.61 Å². The highest BCUT2D eigenvalue weighted by Crippen LogP contribution is 2.14. The van der Waals surface area contributed by atoms with Gasteiger partial charge in [0.2, 0.25) is 0 Å². The number of nitriles is 1. The van der Waals surface area contributed by atoms with Crippen molar-refractivity contribution in [1.82, 2.24) is 0 Å². The Labute approximate surface area is 54.4 Å². The molecule has 1 unspecified atom stereocenters. The lowest BCUT2D eigenvalue weighted by atomic mass is 9.96. The molecule has 2 N–H and O–H groups in total. The van der Waals surface area contributed by atoms with Crippen molar-refractivity contribution in [2.45, 2.75) is 18.4 Å². The lowest BCUT2D eigenvalue weighted by molar-refractivity contribution is 0.0595. The van der Waals surface area contributed by atoms with Crippen LogP contribution in [0.1, 0.15) is 12.8 Å². The van der Waals surface area contributed by atoms with Gasteiger partial charge in [-0.2, -0.15) is 5.26 Å². The predicted molar refractivity (Wildman–Crippen MR) is 32.6 cm³/mol. The van der Waals surface area contributed by atoms with Gasteiger partial charge in [-0.3, -0.25) is 0 Å². The Morgan fingerprint density at radius 2 is 2.44 bits per heavy atom. The van der Waals surface area contributed by atoms with Crippen LogP contribution in [-0.2, 0) is 4.74 Å². The highest BCUT2D eigenvalue weighted by atomic mass is 16.5. The summed E-state index contributed by atoms with van der Waals surface area (Å²) in [5, 5.41) is 8.50. The summed E-state index contributed by atoms with van der Waals surface area (Å²) in [5.41, 5.74) is 4.88. The number of hydrogen-bond acceptors (Lipinski definition) is 3. The number of hydrogen-bond donors (Lipinski definition) is 1. The molecule has 0 amide bonds. The second kappa shape index (κ2) is 2.34. The average Bonchev–Trinajstić information content (AvgIpc) is 1.90. The topological polar surface area (TPSA) is 59.0 Å². The van der Waals surface area contributed by atoms with E-state index in [1.807, 2.05) is 6.07 Å². The zero-order valence-corrected chi connectivity index (χ0v) is 5.26. The van der Waals surface area contributed by atoms with Crippen molar-refractivity contribution in [2.24, 2.45) is 5.73 Å². The van der Waals surface area contributed by atoms with E-state index in [9.17, 15) is 0 Å². The summed E-state index contributed by atoms with van der Waals surface area (Å²) in [6.07, 6.45) is 1.67. The summed E-state index contributed by atoms with van der Waals surface area (Å²) in [6.45, 7) is 1.14. The first kappa shape index (κ1) is 6.53. The van der Waals surface area contributed by atoms with Crippen LogP contribution in [0.15, 0.2) is 0 Å². The van der Waals surface area contributed by atoms with Crippen LogP contribution >= 0.6 is 0 Å². The molecule has 0 spiro atoms. The lowest BCUT2D eigenvalue weighted by Crippen LogP contribution is -2.45. The molecule has 1 fully saturated rings. The molecule has 1 aliphatic heterocycles. The van der Waals surface area contributed by atoms with Gasteiger partial charge in [0.05, 0.1) is 12.7 Å². The van der Waals surface area contributed by atoms with Crippen molar-refractivity contribution in [1.29, 1.82) is 5.26 Å². The second-order valence-corrected chi connectivity index (χ2v) is 2.42. The van der Waals surface area contributed by atoms with Gasteiger partial charge in [0.1, 0.15) is 5.54 Å². The largest absolute Gasteiger partial charge is 0.378 e. The highest BCUT2D eigenvalue weighted by molar-refractivity contribution is 5.05. The zero-order valence-electron chi connectivity index (χ0n) is 5.26.